The lowest BCUT2D eigenvalue weighted by Gasteiger charge is -2.27. The largest absolute Gasteiger partial charge is 0.322 e. The van der Waals surface area contributed by atoms with Crippen LogP contribution >= 0.6 is 7.14 Å². The SMILES string of the molecule is CC1=C(C)CP(=O)(C2C=Cc3cccc4cccc2c34)C1. The fraction of sp³-hybridized carbons (Fsp3) is 0.263. The van der Waals surface area contributed by atoms with E-state index >= 15 is 0 Å². The van der Waals surface area contributed by atoms with Crippen LogP contribution in [0.4, 0.5) is 0 Å². The first kappa shape index (κ1) is 13.1. The van der Waals surface area contributed by atoms with Gasteiger partial charge in [0.25, 0.3) is 0 Å². The Morgan fingerprint density at radius 2 is 1.67 bits per heavy atom. The molecule has 1 aliphatic heterocycles. The zero-order valence-corrected chi connectivity index (χ0v) is 13.4. The van der Waals surface area contributed by atoms with Gasteiger partial charge in [0.1, 0.15) is 7.14 Å². The highest BCUT2D eigenvalue weighted by Crippen LogP contribution is 2.66. The Labute approximate surface area is 125 Å². The third-order valence-electron chi connectivity index (χ3n) is 4.99. The fourth-order valence-corrected chi connectivity index (χ4v) is 7.59. The summed E-state index contributed by atoms with van der Waals surface area (Å²) in [4.78, 5) is 0. The van der Waals surface area contributed by atoms with Gasteiger partial charge in [0, 0.05) is 12.3 Å². The quantitative estimate of drug-likeness (QED) is 0.492. The molecule has 1 aliphatic carbocycles. The highest BCUT2D eigenvalue weighted by Gasteiger charge is 2.39. The summed E-state index contributed by atoms with van der Waals surface area (Å²) in [5.41, 5.74) is 5.27. The first-order valence-corrected chi connectivity index (χ1v) is 9.66. The van der Waals surface area contributed by atoms with Crippen molar-refractivity contribution < 1.29 is 4.57 Å². The molecule has 21 heavy (non-hydrogen) atoms. The van der Waals surface area contributed by atoms with E-state index in [0.29, 0.717) is 0 Å². The molecule has 0 fully saturated rings. The van der Waals surface area contributed by atoms with Crippen LogP contribution in [0.25, 0.3) is 16.8 Å². The minimum absolute atomic E-state index is 0.0866. The van der Waals surface area contributed by atoms with Crippen molar-refractivity contribution in [3.8, 4) is 0 Å². The Kier molecular flexibility index (Phi) is 2.78. The van der Waals surface area contributed by atoms with E-state index in [4.69, 9.17) is 0 Å². The summed E-state index contributed by atoms with van der Waals surface area (Å²) in [7, 11) is -2.23. The molecule has 4 rings (SSSR count). The normalized spacial score (nSPS) is 23.0. The highest BCUT2D eigenvalue weighted by atomic mass is 31.2. The summed E-state index contributed by atoms with van der Waals surface area (Å²) >= 11 is 0. The molecule has 0 saturated carbocycles. The molecule has 0 spiro atoms. The molecular formula is C19H19OP. The second-order valence-corrected chi connectivity index (χ2v) is 9.52. The third kappa shape index (κ3) is 1.88. The number of allylic oxidation sites excluding steroid dienone is 3. The molecule has 1 atom stereocenters. The molecule has 0 N–H and O–H groups in total. The van der Waals surface area contributed by atoms with Crippen LogP contribution in [0.3, 0.4) is 0 Å². The van der Waals surface area contributed by atoms with Gasteiger partial charge in [0.15, 0.2) is 0 Å². The van der Waals surface area contributed by atoms with E-state index in [1.807, 2.05) is 0 Å². The van der Waals surface area contributed by atoms with E-state index in [2.05, 4.69) is 62.4 Å². The smallest absolute Gasteiger partial charge is 0.106 e. The summed E-state index contributed by atoms with van der Waals surface area (Å²) in [6, 6.07) is 12.8. The van der Waals surface area contributed by atoms with Gasteiger partial charge in [-0.05, 0) is 35.7 Å². The molecule has 1 heterocycles. The van der Waals surface area contributed by atoms with Crippen molar-refractivity contribution in [3.05, 3.63) is 64.7 Å². The van der Waals surface area contributed by atoms with Gasteiger partial charge in [-0.15, -0.1) is 0 Å². The molecule has 2 aromatic rings. The predicted octanol–water partition coefficient (Wildman–Crippen LogP) is 5.62. The summed E-state index contributed by atoms with van der Waals surface area (Å²) in [6.45, 7) is 4.27. The van der Waals surface area contributed by atoms with Crippen LogP contribution in [0.1, 0.15) is 30.6 Å². The van der Waals surface area contributed by atoms with Crippen molar-refractivity contribution in [2.75, 3.05) is 12.3 Å². The van der Waals surface area contributed by atoms with Crippen LogP contribution in [0, 0.1) is 0 Å². The van der Waals surface area contributed by atoms with Crippen molar-refractivity contribution >= 4 is 24.0 Å². The van der Waals surface area contributed by atoms with Crippen molar-refractivity contribution in [1.29, 1.82) is 0 Å². The molecule has 2 aliphatic rings. The molecule has 1 unspecified atom stereocenters. The zero-order chi connectivity index (χ0) is 14.6. The number of hydrogen-bond donors (Lipinski definition) is 0. The maximum absolute atomic E-state index is 13.5. The van der Waals surface area contributed by atoms with Gasteiger partial charge in [-0.25, -0.2) is 0 Å². The lowest BCUT2D eigenvalue weighted by Crippen LogP contribution is -2.05. The molecule has 0 aromatic heterocycles. The first-order valence-electron chi connectivity index (χ1n) is 7.51. The van der Waals surface area contributed by atoms with E-state index in [1.165, 1.54) is 33.0 Å². The maximum Gasteiger partial charge on any atom is 0.106 e. The second-order valence-electron chi connectivity index (χ2n) is 6.43. The van der Waals surface area contributed by atoms with Crippen molar-refractivity contribution in [3.63, 3.8) is 0 Å². The molecule has 0 amide bonds. The van der Waals surface area contributed by atoms with E-state index in [0.717, 1.165) is 12.3 Å². The van der Waals surface area contributed by atoms with Gasteiger partial charge in [0.2, 0.25) is 0 Å². The van der Waals surface area contributed by atoms with Gasteiger partial charge < -0.3 is 4.57 Å². The minimum Gasteiger partial charge on any atom is -0.322 e. The van der Waals surface area contributed by atoms with Crippen LogP contribution in [-0.2, 0) is 4.57 Å². The Morgan fingerprint density at radius 3 is 2.38 bits per heavy atom. The number of hydrogen-bond acceptors (Lipinski definition) is 1. The molecule has 0 bridgehead atoms. The van der Waals surface area contributed by atoms with E-state index < -0.39 is 7.14 Å². The van der Waals surface area contributed by atoms with Crippen molar-refractivity contribution in [2.45, 2.75) is 19.5 Å². The fourth-order valence-electron chi connectivity index (χ4n) is 3.82. The molecule has 2 heteroatoms. The topological polar surface area (TPSA) is 17.1 Å². The van der Waals surface area contributed by atoms with Gasteiger partial charge in [0.05, 0.1) is 5.66 Å². The molecular weight excluding hydrogens is 275 g/mol. The Morgan fingerprint density at radius 1 is 1.00 bits per heavy atom. The molecule has 0 radical (unpaired) electrons. The van der Waals surface area contributed by atoms with Crippen LogP contribution in [0.5, 0.6) is 0 Å². The summed E-state index contributed by atoms with van der Waals surface area (Å²) < 4.78 is 13.5. The maximum atomic E-state index is 13.5. The molecule has 0 saturated heterocycles. The summed E-state index contributed by atoms with van der Waals surface area (Å²) in [6.07, 6.45) is 5.92. The average Bonchev–Trinajstić information content (AvgIpc) is 2.74. The minimum atomic E-state index is -2.23. The van der Waals surface area contributed by atoms with Gasteiger partial charge in [-0.3, -0.25) is 0 Å². The van der Waals surface area contributed by atoms with Crippen LogP contribution in [0.15, 0.2) is 53.6 Å². The highest BCUT2D eigenvalue weighted by molar-refractivity contribution is 7.65. The monoisotopic (exact) mass is 294 g/mol. The Bertz CT molecular complexity index is 834. The van der Waals surface area contributed by atoms with Crippen LogP contribution in [0.2, 0.25) is 0 Å². The lowest BCUT2D eigenvalue weighted by atomic mass is 9.93. The average molecular weight is 294 g/mol. The second kappa shape index (κ2) is 4.45. The van der Waals surface area contributed by atoms with E-state index in [9.17, 15) is 4.57 Å². The van der Waals surface area contributed by atoms with Gasteiger partial charge in [-0.1, -0.05) is 59.7 Å². The summed E-state index contributed by atoms with van der Waals surface area (Å²) in [5.74, 6) is 0. The molecule has 1 nitrogen and oxygen atoms in total. The predicted molar refractivity (Wildman–Crippen MR) is 91.4 cm³/mol. The zero-order valence-electron chi connectivity index (χ0n) is 12.5. The number of benzene rings is 2. The van der Waals surface area contributed by atoms with Crippen molar-refractivity contribution in [1.82, 2.24) is 0 Å². The Balaban J connectivity index is 1.90. The van der Waals surface area contributed by atoms with Crippen molar-refractivity contribution in [2.24, 2.45) is 0 Å². The van der Waals surface area contributed by atoms with E-state index in [-0.39, 0.29) is 5.66 Å². The third-order valence-corrected chi connectivity index (χ3v) is 8.47. The first-order chi connectivity index (χ1) is 10.1. The molecule has 2 aromatic carbocycles. The summed E-state index contributed by atoms with van der Waals surface area (Å²) in [5, 5.41) is 2.55. The van der Waals surface area contributed by atoms with Crippen LogP contribution < -0.4 is 0 Å². The van der Waals surface area contributed by atoms with E-state index in [1.54, 1.807) is 0 Å². The lowest BCUT2D eigenvalue weighted by molar-refractivity contribution is 0.575. The van der Waals surface area contributed by atoms with Crippen LogP contribution in [-0.4, -0.2) is 12.3 Å². The molecule has 106 valence electrons. The standard InChI is InChI=1S/C19H19OP/c1-13-11-21(20,12-14(13)2)18-10-9-16-6-3-5-15-7-4-8-17(18)19(15)16/h3-10,18H,11-12H2,1-2H3. The van der Waals surface area contributed by atoms with Gasteiger partial charge >= 0.3 is 0 Å². The van der Waals surface area contributed by atoms with Gasteiger partial charge in [-0.2, -0.15) is 0 Å². The Hall–Kier alpha value is -1.59. The number of rotatable bonds is 1.